The Morgan fingerprint density at radius 1 is 1.05 bits per heavy atom. The fraction of sp³-hybridized carbons (Fsp3) is 0. The Kier molecular flexibility index (Phi) is 4.72. The minimum absolute atomic E-state index is 0.0430. The molecule has 1 heterocycles. The normalized spacial score (nSPS) is 11.0. The summed E-state index contributed by atoms with van der Waals surface area (Å²) in [5, 5.41) is 1.55. The highest BCUT2D eigenvalue weighted by molar-refractivity contribution is 7.95. The van der Waals surface area contributed by atoms with Crippen molar-refractivity contribution in [2.75, 3.05) is 0 Å². The lowest BCUT2D eigenvalue weighted by Gasteiger charge is -2.10. The first-order chi connectivity index (χ1) is 9.93. The van der Waals surface area contributed by atoms with Crippen LogP contribution in [0.2, 0.25) is 0 Å². The molecular weight excluding hydrogens is 337 g/mol. The zero-order chi connectivity index (χ0) is 15.5. The minimum Gasteiger partial charge on any atom is -0.459 e. The molecule has 1 amide bonds. The molecule has 0 saturated heterocycles. The second-order valence-corrected chi connectivity index (χ2v) is 6.67. The molecule has 1 N–H and O–H groups in total. The van der Waals surface area contributed by atoms with Gasteiger partial charge in [-0.1, -0.05) is 41.4 Å². The summed E-state index contributed by atoms with van der Waals surface area (Å²) in [6.07, 6.45) is 1.28. The number of sulfone groups is 1. The van der Waals surface area contributed by atoms with Gasteiger partial charge in [0.1, 0.15) is 4.49 Å². The first-order valence-electron chi connectivity index (χ1n) is 5.63. The molecule has 0 aliphatic rings. The third-order valence-corrected chi connectivity index (χ3v) is 4.80. The molecule has 0 aliphatic heterocycles. The van der Waals surface area contributed by atoms with Gasteiger partial charge >= 0.3 is 0 Å². The predicted molar refractivity (Wildman–Crippen MR) is 78.5 cm³/mol. The maximum Gasteiger partial charge on any atom is 0.291 e. The maximum atomic E-state index is 12.4. The molecule has 0 unspecified atom stereocenters. The van der Waals surface area contributed by atoms with Gasteiger partial charge in [0.05, 0.1) is 11.2 Å². The van der Waals surface area contributed by atoms with E-state index in [1.165, 1.54) is 30.5 Å². The molecule has 2 rings (SSSR count). The van der Waals surface area contributed by atoms with E-state index in [2.05, 4.69) is 5.32 Å². The summed E-state index contributed by atoms with van der Waals surface area (Å²) >= 11 is 11.2. The minimum atomic E-state index is -4.04. The summed E-state index contributed by atoms with van der Waals surface area (Å²) in [7, 11) is -4.04. The van der Waals surface area contributed by atoms with Crippen LogP contribution in [-0.2, 0) is 9.84 Å². The van der Waals surface area contributed by atoms with Crippen LogP contribution in [0, 0.1) is 0 Å². The van der Waals surface area contributed by atoms with Gasteiger partial charge in [0.25, 0.3) is 5.91 Å². The lowest BCUT2D eigenvalue weighted by molar-refractivity contribution is 0.0941. The standard InChI is InChI=1S/C13H9Cl2NO4S/c14-11(15)13(16-12(17)10-7-4-8-20-10)21(18,19)9-5-2-1-3-6-9/h1-8H,(H,16,17). The zero-order valence-corrected chi connectivity index (χ0v) is 12.7. The summed E-state index contributed by atoms with van der Waals surface area (Å²) in [6.45, 7) is 0. The van der Waals surface area contributed by atoms with E-state index < -0.39 is 25.3 Å². The number of carbonyl (C=O) groups is 1. The molecular formula is C13H9Cl2NO4S. The van der Waals surface area contributed by atoms with E-state index in [9.17, 15) is 13.2 Å². The van der Waals surface area contributed by atoms with Crippen molar-refractivity contribution in [1.29, 1.82) is 0 Å². The number of hydrogen-bond donors (Lipinski definition) is 1. The van der Waals surface area contributed by atoms with E-state index in [0.717, 1.165) is 0 Å². The Balaban J connectivity index is 2.38. The van der Waals surface area contributed by atoms with Crippen LogP contribution < -0.4 is 5.32 Å². The largest absolute Gasteiger partial charge is 0.459 e. The van der Waals surface area contributed by atoms with E-state index in [0.29, 0.717) is 0 Å². The van der Waals surface area contributed by atoms with E-state index in [1.807, 2.05) is 0 Å². The zero-order valence-electron chi connectivity index (χ0n) is 10.4. The smallest absolute Gasteiger partial charge is 0.291 e. The highest BCUT2D eigenvalue weighted by Gasteiger charge is 2.26. The average Bonchev–Trinajstić information content (AvgIpc) is 2.99. The van der Waals surface area contributed by atoms with E-state index in [4.69, 9.17) is 27.6 Å². The number of benzene rings is 1. The van der Waals surface area contributed by atoms with Gasteiger partial charge in [0.2, 0.25) is 9.84 Å². The summed E-state index contributed by atoms with van der Waals surface area (Å²) < 4.78 is 29.1. The van der Waals surface area contributed by atoms with Gasteiger partial charge < -0.3 is 9.73 Å². The topological polar surface area (TPSA) is 76.4 Å². The molecule has 5 nitrogen and oxygen atoms in total. The van der Waals surface area contributed by atoms with Crippen LogP contribution in [-0.4, -0.2) is 14.3 Å². The van der Waals surface area contributed by atoms with Crippen LogP contribution >= 0.6 is 23.2 Å². The van der Waals surface area contributed by atoms with Crippen molar-refractivity contribution in [1.82, 2.24) is 5.32 Å². The second-order valence-electron chi connectivity index (χ2n) is 3.84. The molecule has 2 aromatic rings. The molecule has 1 aromatic heterocycles. The number of hydrogen-bond acceptors (Lipinski definition) is 4. The monoisotopic (exact) mass is 345 g/mol. The van der Waals surface area contributed by atoms with Gasteiger partial charge in [-0.3, -0.25) is 4.79 Å². The Hall–Kier alpha value is -1.76. The highest BCUT2D eigenvalue weighted by Crippen LogP contribution is 2.24. The molecule has 0 radical (unpaired) electrons. The number of carbonyl (C=O) groups excluding carboxylic acids is 1. The van der Waals surface area contributed by atoms with Crippen molar-refractivity contribution in [3.63, 3.8) is 0 Å². The fourth-order valence-electron chi connectivity index (χ4n) is 1.51. The maximum absolute atomic E-state index is 12.4. The summed E-state index contributed by atoms with van der Waals surface area (Å²) in [6, 6.07) is 10.3. The van der Waals surface area contributed by atoms with Crippen molar-refractivity contribution < 1.29 is 17.6 Å². The van der Waals surface area contributed by atoms with Crippen LogP contribution in [0.4, 0.5) is 0 Å². The Labute approximate surface area is 131 Å². The number of furan rings is 1. The van der Waals surface area contributed by atoms with Gasteiger partial charge in [-0.05, 0) is 24.3 Å². The highest BCUT2D eigenvalue weighted by atomic mass is 35.5. The Morgan fingerprint density at radius 2 is 1.71 bits per heavy atom. The number of halogens is 2. The predicted octanol–water partition coefficient (Wildman–Crippen LogP) is 3.09. The summed E-state index contributed by atoms with van der Waals surface area (Å²) in [4.78, 5) is 11.8. The van der Waals surface area contributed by atoms with Crippen LogP contribution in [0.3, 0.4) is 0 Å². The van der Waals surface area contributed by atoms with Crippen molar-refractivity contribution in [3.05, 3.63) is 64.0 Å². The molecule has 1 aromatic carbocycles. The van der Waals surface area contributed by atoms with Gasteiger partial charge in [-0.15, -0.1) is 0 Å². The van der Waals surface area contributed by atoms with Crippen molar-refractivity contribution in [3.8, 4) is 0 Å². The number of rotatable bonds is 4. The van der Waals surface area contributed by atoms with Gasteiger partial charge in [0, 0.05) is 0 Å². The first kappa shape index (κ1) is 15.6. The van der Waals surface area contributed by atoms with Gasteiger partial charge in [-0.25, -0.2) is 8.42 Å². The molecule has 0 aliphatic carbocycles. The number of nitrogens with one attached hydrogen (secondary N) is 1. The molecule has 0 fully saturated rings. The molecule has 0 bridgehead atoms. The third kappa shape index (κ3) is 3.47. The molecule has 0 spiro atoms. The Bertz CT molecular complexity index is 764. The summed E-state index contributed by atoms with van der Waals surface area (Å²) in [5.41, 5.74) is 0. The van der Waals surface area contributed by atoms with Crippen molar-refractivity contribution in [2.45, 2.75) is 4.90 Å². The van der Waals surface area contributed by atoms with Crippen LogP contribution in [0.5, 0.6) is 0 Å². The lowest BCUT2D eigenvalue weighted by Crippen LogP contribution is -2.27. The fourth-order valence-corrected chi connectivity index (χ4v) is 3.39. The second kappa shape index (κ2) is 6.34. The molecule has 110 valence electrons. The van der Waals surface area contributed by atoms with E-state index in [1.54, 1.807) is 18.2 Å². The molecule has 0 atom stereocenters. The van der Waals surface area contributed by atoms with Gasteiger partial charge in [-0.2, -0.15) is 0 Å². The van der Waals surface area contributed by atoms with E-state index in [-0.39, 0.29) is 10.7 Å². The van der Waals surface area contributed by atoms with Crippen molar-refractivity contribution >= 4 is 38.9 Å². The van der Waals surface area contributed by atoms with Crippen LogP contribution in [0.1, 0.15) is 10.6 Å². The first-order valence-corrected chi connectivity index (χ1v) is 7.87. The third-order valence-electron chi connectivity index (χ3n) is 2.47. The Morgan fingerprint density at radius 3 is 2.24 bits per heavy atom. The molecule has 8 heteroatoms. The SMILES string of the molecule is O=C(NC(=C(Cl)Cl)S(=O)(=O)c1ccccc1)c1ccco1. The number of amides is 1. The molecule has 0 saturated carbocycles. The molecule has 21 heavy (non-hydrogen) atoms. The van der Waals surface area contributed by atoms with E-state index >= 15 is 0 Å². The van der Waals surface area contributed by atoms with Crippen LogP contribution in [0.15, 0.2) is 67.6 Å². The van der Waals surface area contributed by atoms with Crippen molar-refractivity contribution in [2.24, 2.45) is 0 Å². The van der Waals surface area contributed by atoms with Crippen LogP contribution in [0.25, 0.3) is 0 Å². The average molecular weight is 346 g/mol. The lowest BCUT2D eigenvalue weighted by atomic mass is 10.4. The van der Waals surface area contributed by atoms with Gasteiger partial charge in [0.15, 0.2) is 10.8 Å². The quantitative estimate of drug-likeness (QED) is 0.923. The summed E-state index contributed by atoms with van der Waals surface area (Å²) in [5.74, 6) is -0.835.